The number of carbonyl (C=O) groups is 2. The van der Waals surface area contributed by atoms with Crippen molar-refractivity contribution in [2.45, 2.75) is 116 Å². The van der Waals surface area contributed by atoms with E-state index in [9.17, 15) is 19.8 Å². The number of nitrogens with one attached hydrogen (secondary N) is 1. The minimum Gasteiger partial charge on any atom is -0.550 e. The zero-order chi connectivity index (χ0) is 20.9. The fraction of sp³-hybridized carbons (Fsp3) is 0.826. The molecule has 1 N–H and O–H groups in total. The minimum atomic E-state index is -1.24. The molecule has 0 spiro atoms. The van der Waals surface area contributed by atoms with Crippen molar-refractivity contribution in [3.8, 4) is 0 Å². The molecule has 0 aliphatic carbocycles. The molecule has 1 atom stereocenters. The smallest absolute Gasteiger partial charge is 0.550 e. The first kappa shape index (κ1) is 35.2. The van der Waals surface area contributed by atoms with E-state index in [4.69, 9.17) is 0 Å². The maximum Gasteiger partial charge on any atom is 1.00 e. The first-order chi connectivity index (χ1) is 13.6. The third-order valence-corrected chi connectivity index (χ3v) is 5.00. The SMILES string of the molecule is CCCCCCCC/C=C\CCCCCCCCN[C@@H](CCC(=O)[O-])C(=O)[O-].[Na+].[Na+]. The van der Waals surface area contributed by atoms with Crippen molar-refractivity contribution in [3.63, 3.8) is 0 Å². The van der Waals surface area contributed by atoms with Crippen LogP contribution in [0.25, 0.3) is 0 Å². The summed E-state index contributed by atoms with van der Waals surface area (Å²) in [6.07, 6.45) is 21.7. The Morgan fingerprint density at radius 2 is 1.23 bits per heavy atom. The topological polar surface area (TPSA) is 92.3 Å². The Kier molecular flexibility index (Phi) is 32.5. The van der Waals surface area contributed by atoms with Gasteiger partial charge in [-0.05, 0) is 51.5 Å². The van der Waals surface area contributed by atoms with Crippen LogP contribution in [0.5, 0.6) is 0 Å². The van der Waals surface area contributed by atoms with Crippen LogP contribution in [0.2, 0.25) is 0 Å². The molecule has 0 saturated heterocycles. The van der Waals surface area contributed by atoms with Gasteiger partial charge in [-0.3, -0.25) is 0 Å². The number of hydrogen-bond donors (Lipinski definition) is 1. The standard InChI is InChI=1S/C23H43NO4.2Na/c1-2-3-4-5-6-7-8-9-10-11-12-13-14-15-16-17-20-24-21(23(27)28)18-19-22(25)26;;/h9-10,21,24H,2-8,11-20H2,1H3,(H,25,26)(H,27,28);;/q;2*+1/p-2/b10-9-;;/t21-;;/m0../s1. The number of rotatable bonds is 21. The third kappa shape index (κ3) is 26.7. The molecule has 0 aliphatic rings. The molecule has 0 aliphatic heterocycles. The summed E-state index contributed by atoms with van der Waals surface area (Å²) >= 11 is 0. The number of allylic oxidation sites excluding steroid dienone is 2. The zero-order valence-electron chi connectivity index (χ0n) is 19.9. The van der Waals surface area contributed by atoms with E-state index in [1.807, 2.05) is 0 Å². The van der Waals surface area contributed by atoms with Crippen molar-refractivity contribution < 1.29 is 78.9 Å². The molecule has 0 aromatic carbocycles. The number of carbonyl (C=O) groups excluding carboxylic acids is 2. The number of hydrogen-bond acceptors (Lipinski definition) is 5. The molecule has 5 nitrogen and oxygen atoms in total. The van der Waals surface area contributed by atoms with E-state index in [1.165, 1.54) is 70.6 Å². The van der Waals surface area contributed by atoms with E-state index < -0.39 is 18.0 Å². The average Bonchev–Trinajstić information content (AvgIpc) is 2.66. The molecule has 0 fully saturated rings. The predicted octanol–water partition coefficient (Wildman–Crippen LogP) is -2.73. The van der Waals surface area contributed by atoms with Crippen LogP contribution in [0.3, 0.4) is 0 Å². The van der Waals surface area contributed by atoms with Crippen LogP contribution < -0.4 is 74.6 Å². The van der Waals surface area contributed by atoms with Crippen LogP contribution in [0.1, 0.15) is 110 Å². The van der Waals surface area contributed by atoms with Crippen LogP contribution in [-0.2, 0) is 9.59 Å². The molecule has 0 radical (unpaired) electrons. The predicted molar refractivity (Wildman–Crippen MR) is 110 cm³/mol. The molecule has 0 bridgehead atoms. The van der Waals surface area contributed by atoms with E-state index in [-0.39, 0.29) is 72.0 Å². The molecule has 0 aromatic heterocycles. The van der Waals surface area contributed by atoms with Gasteiger partial charge in [0.2, 0.25) is 0 Å². The van der Waals surface area contributed by atoms with Crippen LogP contribution in [-0.4, -0.2) is 24.5 Å². The summed E-state index contributed by atoms with van der Waals surface area (Å²) < 4.78 is 0. The third-order valence-electron chi connectivity index (χ3n) is 5.00. The normalized spacial score (nSPS) is 11.6. The average molecular weight is 442 g/mol. The second-order valence-electron chi connectivity index (χ2n) is 7.67. The van der Waals surface area contributed by atoms with Gasteiger partial charge < -0.3 is 25.1 Å². The van der Waals surface area contributed by atoms with E-state index in [2.05, 4.69) is 24.4 Å². The van der Waals surface area contributed by atoms with Crippen LogP contribution in [0, 0.1) is 0 Å². The van der Waals surface area contributed by atoms with Gasteiger partial charge in [-0.25, -0.2) is 0 Å². The largest absolute Gasteiger partial charge is 1.00 e. The maximum absolute atomic E-state index is 10.9. The monoisotopic (exact) mass is 441 g/mol. The molecule has 0 unspecified atom stereocenters. The van der Waals surface area contributed by atoms with E-state index in [0.717, 1.165) is 19.3 Å². The van der Waals surface area contributed by atoms with Gasteiger partial charge in [0, 0.05) is 12.0 Å². The number of unbranched alkanes of at least 4 members (excludes halogenated alkanes) is 12. The van der Waals surface area contributed by atoms with Gasteiger partial charge in [0.15, 0.2) is 0 Å². The minimum absolute atomic E-state index is 0. The van der Waals surface area contributed by atoms with Gasteiger partial charge in [-0.15, -0.1) is 0 Å². The molecule has 0 saturated carbocycles. The molecule has 7 heteroatoms. The van der Waals surface area contributed by atoms with Crippen molar-refractivity contribution in [1.29, 1.82) is 0 Å². The van der Waals surface area contributed by atoms with Gasteiger partial charge in [-0.2, -0.15) is 0 Å². The van der Waals surface area contributed by atoms with Gasteiger partial charge in [0.1, 0.15) is 0 Å². The second-order valence-corrected chi connectivity index (χ2v) is 7.67. The van der Waals surface area contributed by atoms with Crippen LogP contribution in [0.4, 0.5) is 0 Å². The molecule has 0 aromatic rings. The Morgan fingerprint density at radius 3 is 1.70 bits per heavy atom. The summed E-state index contributed by atoms with van der Waals surface area (Å²) in [4.78, 5) is 21.3. The zero-order valence-corrected chi connectivity index (χ0v) is 23.9. The van der Waals surface area contributed by atoms with Gasteiger partial charge in [-0.1, -0.05) is 76.9 Å². The fourth-order valence-electron chi connectivity index (χ4n) is 3.21. The number of carboxylic acids is 2. The van der Waals surface area contributed by atoms with Gasteiger partial charge >= 0.3 is 59.1 Å². The molecule has 0 heterocycles. The Bertz CT molecular complexity index is 420. The Morgan fingerprint density at radius 1 is 0.767 bits per heavy atom. The summed E-state index contributed by atoms with van der Waals surface area (Å²) in [5.41, 5.74) is 0. The van der Waals surface area contributed by atoms with Crippen molar-refractivity contribution >= 4 is 11.9 Å². The first-order valence-corrected chi connectivity index (χ1v) is 11.4. The summed E-state index contributed by atoms with van der Waals surface area (Å²) in [6.45, 7) is 2.83. The molecule has 164 valence electrons. The number of aliphatic carboxylic acids is 2. The van der Waals surface area contributed by atoms with Crippen LogP contribution >= 0.6 is 0 Å². The molecular weight excluding hydrogens is 400 g/mol. The second kappa shape index (κ2) is 27.7. The summed E-state index contributed by atoms with van der Waals surface area (Å²) in [5, 5.41) is 24.2. The quantitative estimate of drug-likeness (QED) is 0.119. The van der Waals surface area contributed by atoms with Crippen LogP contribution in [0.15, 0.2) is 12.2 Å². The molecule has 30 heavy (non-hydrogen) atoms. The Labute approximate surface area is 228 Å². The van der Waals surface area contributed by atoms with E-state index >= 15 is 0 Å². The van der Waals surface area contributed by atoms with Gasteiger partial charge in [0.05, 0.1) is 5.97 Å². The molecule has 0 amide bonds. The summed E-state index contributed by atoms with van der Waals surface area (Å²) in [5.74, 6) is -2.48. The van der Waals surface area contributed by atoms with Gasteiger partial charge in [0.25, 0.3) is 0 Å². The Balaban J connectivity index is -0.00000364. The van der Waals surface area contributed by atoms with Crippen molar-refractivity contribution in [2.75, 3.05) is 6.54 Å². The molecule has 0 rings (SSSR count). The maximum atomic E-state index is 10.9. The van der Waals surface area contributed by atoms with Crippen molar-refractivity contribution in [1.82, 2.24) is 5.32 Å². The molecular formula is C23H41NNa2O4. The van der Waals surface area contributed by atoms with Crippen molar-refractivity contribution in [3.05, 3.63) is 12.2 Å². The Hall–Kier alpha value is 0.640. The first-order valence-electron chi connectivity index (χ1n) is 11.4. The van der Waals surface area contributed by atoms with Crippen molar-refractivity contribution in [2.24, 2.45) is 0 Å². The summed E-state index contributed by atoms with van der Waals surface area (Å²) in [6, 6.07) is -0.902. The number of carboxylic acid groups (broad SMARTS) is 2. The van der Waals surface area contributed by atoms with E-state index in [1.54, 1.807) is 0 Å². The fourth-order valence-corrected chi connectivity index (χ4v) is 3.21. The van der Waals surface area contributed by atoms with E-state index in [0.29, 0.717) is 6.54 Å². The summed E-state index contributed by atoms with van der Waals surface area (Å²) in [7, 11) is 0.